The number of hydrogen-bond acceptors (Lipinski definition) is 4. The van der Waals surface area contributed by atoms with Gasteiger partial charge in [0.05, 0.1) is 7.11 Å². The Balaban J connectivity index is 2.27. The van der Waals surface area contributed by atoms with Gasteiger partial charge in [0.25, 0.3) is 0 Å². The van der Waals surface area contributed by atoms with Crippen molar-refractivity contribution in [2.45, 2.75) is 13.8 Å². The molecule has 0 aliphatic carbocycles. The number of imidazole rings is 1. The maximum Gasteiger partial charge on any atom is 0.209 e. The van der Waals surface area contributed by atoms with Crippen molar-refractivity contribution < 1.29 is 4.74 Å². The molecule has 3 rings (SSSR count). The Morgan fingerprint density at radius 2 is 2.00 bits per heavy atom. The highest BCUT2D eigenvalue weighted by Gasteiger charge is 2.16. The van der Waals surface area contributed by atoms with Crippen molar-refractivity contribution in [1.29, 1.82) is 0 Å². The van der Waals surface area contributed by atoms with Crippen LogP contribution in [0.2, 0.25) is 0 Å². The molecule has 5 nitrogen and oxygen atoms in total. The number of aryl methyl sites for hydroxylation is 2. The van der Waals surface area contributed by atoms with Gasteiger partial charge in [-0.2, -0.15) is 0 Å². The monoisotopic (exact) mass is 281 g/mol. The Kier molecular flexibility index (Phi) is 3.17. The van der Waals surface area contributed by atoms with Crippen LogP contribution in [-0.4, -0.2) is 16.5 Å². The molecule has 0 fully saturated rings. The molecule has 0 radical (unpaired) electrons. The average molecular weight is 281 g/mol. The lowest BCUT2D eigenvalue weighted by Crippen LogP contribution is -1.88. The smallest absolute Gasteiger partial charge is 0.209 e. The number of ether oxygens (including phenoxy) is 1. The van der Waals surface area contributed by atoms with Crippen LogP contribution >= 0.6 is 0 Å². The third kappa shape index (κ3) is 2.16. The van der Waals surface area contributed by atoms with E-state index in [1.54, 1.807) is 11.5 Å². The SMILES string of the molecule is COc1ccc(-c2nc3ccc(C)cn3c2N=O)c(C)c1. The fourth-order valence-corrected chi connectivity index (χ4v) is 2.44. The second kappa shape index (κ2) is 5.01. The van der Waals surface area contributed by atoms with Gasteiger partial charge in [-0.05, 0) is 54.4 Å². The van der Waals surface area contributed by atoms with E-state index in [1.807, 2.05) is 50.4 Å². The second-order valence-corrected chi connectivity index (χ2v) is 4.99. The minimum atomic E-state index is 0.321. The number of benzene rings is 1. The Morgan fingerprint density at radius 3 is 2.67 bits per heavy atom. The molecule has 3 aromatic rings. The first-order valence-electron chi connectivity index (χ1n) is 6.61. The van der Waals surface area contributed by atoms with Gasteiger partial charge in [0.15, 0.2) is 0 Å². The molecule has 2 aromatic heterocycles. The normalized spacial score (nSPS) is 10.8. The fourth-order valence-electron chi connectivity index (χ4n) is 2.44. The van der Waals surface area contributed by atoms with Crippen LogP contribution < -0.4 is 4.74 Å². The Morgan fingerprint density at radius 1 is 1.19 bits per heavy atom. The van der Waals surface area contributed by atoms with E-state index in [-0.39, 0.29) is 0 Å². The molecule has 1 aromatic carbocycles. The molecule has 0 spiro atoms. The fraction of sp³-hybridized carbons (Fsp3) is 0.188. The molecule has 0 amide bonds. The maximum atomic E-state index is 11.3. The van der Waals surface area contributed by atoms with E-state index in [1.165, 1.54) is 0 Å². The van der Waals surface area contributed by atoms with Crippen molar-refractivity contribution in [1.82, 2.24) is 9.38 Å². The summed E-state index contributed by atoms with van der Waals surface area (Å²) in [4.78, 5) is 15.8. The zero-order chi connectivity index (χ0) is 15.0. The van der Waals surface area contributed by atoms with E-state index >= 15 is 0 Å². The van der Waals surface area contributed by atoms with Gasteiger partial charge in [-0.3, -0.25) is 4.40 Å². The van der Waals surface area contributed by atoms with E-state index in [4.69, 9.17) is 4.74 Å². The van der Waals surface area contributed by atoms with Crippen molar-refractivity contribution in [3.8, 4) is 17.0 Å². The predicted molar refractivity (Wildman–Crippen MR) is 82.1 cm³/mol. The van der Waals surface area contributed by atoms with E-state index < -0.39 is 0 Å². The highest BCUT2D eigenvalue weighted by atomic mass is 16.5. The quantitative estimate of drug-likeness (QED) is 0.681. The summed E-state index contributed by atoms with van der Waals surface area (Å²) in [6.07, 6.45) is 1.86. The predicted octanol–water partition coefficient (Wildman–Crippen LogP) is 4.02. The zero-order valence-corrected chi connectivity index (χ0v) is 12.1. The van der Waals surface area contributed by atoms with Gasteiger partial charge in [-0.25, -0.2) is 4.98 Å². The lowest BCUT2D eigenvalue weighted by Gasteiger charge is -2.06. The number of fused-ring (bicyclic) bond motifs is 1. The van der Waals surface area contributed by atoms with E-state index in [2.05, 4.69) is 10.2 Å². The molecule has 0 saturated carbocycles. The minimum absolute atomic E-state index is 0.321. The molecule has 106 valence electrons. The van der Waals surface area contributed by atoms with Crippen molar-refractivity contribution in [2.75, 3.05) is 7.11 Å². The standard InChI is InChI=1S/C16H15N3O2/c1-10-4-7-14-17-15(16(18-20)19(14)9-10)13-6-5-12(21-3)8-11(13)2/h4-9H,1-3H3. The highest BCUT2D eigenvalue weighted by molar-refractivity contribution is 5.77. The average Bonchev–Trinajstić information content (AvgIpc) is 2.84. The molecule has 0 atom stereocenters. The third-order valence-corrected chi connectivity index (χ3v) is 3.52. The van der Waals surface area contributed by atoms with E-state index in [0.29, 0.717) is 17.2 Å². The van der Waals surface area contributed by atoms with Gasteiger partial charge < -0.3 is 4.74 Å². The number of methoxy groups -OCH3 is 1. The van der Waals surface area contributed by atoms with Gasteiger partial charge in [0.2, 0.25) is 5.82 Å². The topological polar surface area (TPSA) is 56.0 Å². The summed E-state index contributed by atoms with van der Waals surface area (Å²) in [6.45, 7) is 3.92. The number of hydrogen-bond donors (Lipinski definition) is 0. The first-order valence-corrected chi connectivity index (χ1v) is 6.61. The van der Waals surface area contributed by atoms with Gasteiger partial charge in [0, 0.05) is 11.8 Å². The highest BCUT2D eigenvalue weighted by Crippen LogP contribution is 2.34. The first-order chi connectivity index (χ1) is 10.1. The third-order valence-electron chi connectivity index (χ3n) is 3.52. The zero-order valence-electron chi connectivity index (χ0n) is 12.1. The van der Waals surface area contributed by atoms with Crippen LogP contribution in [0.5, 0.6) is 5.75 Å². The summed E-state index contributed by atoms with van der Waals surface area (Å²) in [5.41, 5.74) is 4.21. The molecule has 0 unspecified atom stereocenters. The summed E-state index contributed by atoms with van der Waals surface area (Å²) in [5, 5.41) is 3.18. The summed E-state index contributed by atoms with van der Waals surface area (Å²) < 4.78 is 6.93. The van der Waals surface area contributed by atoms with Crippen molar-refractivity contribution in [2.24, 2.45) is 5.18 Å². The Labute approximate surface area is 122 Å². The number of aromatic nitrogens is 2. The van der Waals surface area contributed by atoms with Crippen molar-refractivity contribution in [3.05, 3.63) is 52.6 Å². The van der Waals surface area contributed by atoms with Crippen LogP contribution in [0.15, 0.2) is 41.7 Å². The lowest BCUT2D eigenvalue weighted by atomic mass is 10.1. The van der Waals surface area contributed by atoms with Gasteiger partial charge in [0.1, 0.15) is 17.1 Å². The molecule has 2 heterocycles. The van der Waals surface area contributed by atoms with Crippen LogP contribution in [0.4, 0.5) is 5.82 Å². The summed E-state index contributed by atoms with van der Waals surface area (Å²) in [5.74, 6) is 1.10. The molecule has 5 heteroatoms. The number of nitrogens with zero attached hydrogens (tertiary/aromatic N) is 3. The summed E-state index contributed by atoms with van der Waals surface area (Å²) in [6, 6.07) is 9.51. The van der Waals surface area contributed by atoms with Crippen LogP contribution in [0.1, 0.15) is 11.1 Å². The number of nitroso groups, excluding NO2 is 1. The van der Waals surface area contributed by atoms with Crippen LogP contribution in [0, 0.1) is 18.8 Å². The first kappa shape index (κ1) is 13.3. The van der Waals surface area contributed by atoms with Gasteiger partial charge in [-0.1, -0.05) is 6.07 Å². The van der Waals surface area contributed by atoms with Crippen molar-refractivity contribution in [3.63, 3.8) is 0 Å². The molecule has 21 heavy (non-hydrogen) atoms. The minimum Gasteiger partial charge on any atom is -0.497 e. The number of pyridine rings is 1. The molecule has 0 N–H and O–H groups in total. The molecule has 0 aliphatic rings. The van der Waals surface area contributed by atoms with Gasteiger partial charge in [-0.15, -0.1) is 4.91 Å². The van der Waals surface area contributed by atoms with Crippen LogP contribution in [0.3, 0.4) is 0 Å². The number of rotatable bonds is 3. The Bertz CT molecular complexity index is 837. The molecular weight excluding hydrogens is 266 g/mol. The second-order valence-electron chi connectivity index (χ2n) is 4.99. The maximum absolute atomic E-state index is 11.3. The molecular formula is C16H15N3O2. The molecule has 0 aliphatic heterocycles. The van der Waals surface area contributed by atoms with E-state index in [9.17, 15) is 4.91 Å². The van der Waals surface area contributed by atoms with Crippen LogP contribution in [0.25, 0.3) is 16.9 Å². The van der Waals surface area contributed by atoms with E-state index in [0.717, 1.165) is 22.4 Å². The van der Waals surface area contributed by atoms with Gasteiger partial charge >= 0.3 is 0 Å². The van der Waals surface area contributed by atoms with Crippen molar-refractivity contribution >= 4 is 11.5 Å². The lowest BCUT2D eigenvalue weighted by molar-refractivity contribution is 0.414. The van der Waals surface area contributed by atoms with Crippen LogP contribution in [-0.2, 0) is 0 Å². The molecule has 0 saturated heterocycles. The molecule has 0 bridgehead atoms. The largest absolute Gasteiger partial charge is 0.497 e. The summed E-state index contributed by atoms with van der Waals surface area (Å²) in [7, 11) is 1.63. The Hall–Kier alpha value is -2.69. The summed E-state index contributed by atoms with van der Waals surface area (Å²) >= 11 is 0.